The third kappa shape index (κ3) is 4.99. The number of nitrogens with two attached hydrogens (primary N) is 1. The van der Waals surface area contributed by atoms with Crippen LogP contribution in [0.3, 0.4) is 0 Å². The Balaban J connectivity index is 0.000000238. The quantitative estimate of drug-likeness (QED) is 0.403. The minimum Gasteiger partial charge on any atom is -0.396 e. The molecule has 0 aliphatic rings. The number of hydrogen-bond donors (Lipinski definition) is 1. The Kier molecular flexibility index (Phi) is 7.29. The van der Waals surface area contributed by atoms with Gasteiger partial charge in [-0.1, -0.05) is 30.7 Å². The molecule has 0 fully saturated rings. The van der Waals surface area contributed by atoms with Crippen LogP contribution in [-0.4, -0.2) is 14.4 Å². The number of nitrogens with zero attached hydrogens (tertiary/aromatic N) is 4. The van der Waals surface area contributed by atoms with E-state index in [1.165, 1.54) is 11.8 Å². The standard InChI is InChI=1S/C18H18ClN3.C8H8N2/c1-4-5-14(16-9-22-10-17(21)18(16)19)15-7-13(8-20)11(2)6-12(15)3;1-7-2-3-10-6-9-5-8(10)4-7/h5-7,9-10H,4,21H2,1-3H3;2-6H,1H3/b14-5+;. The van der Waals surface area contributed by atoms with Crippen LogP contribution >= 0.6 is 11.6 Å². The fourth-order valence-corrected chi connectivity index (χ4v) is 3.71. The van der Waals surface area contributed by atoms with Crippen LogP contribution in [0, 0.1) is 32.1 Å². The molecule has 3 aromatic heterocycles. The molecule has 0 bridgehead atoms. The normalized spacial score (nSPS) is 11.1. The lowest BCUT2D eigenvalue weighted by molar-refractivity contribution is 1.14. The van der Waals surface area contributed by atoms with Gasteiger partial charge in [0.25, 0.3) is 0 Å². The van der Waals surface area contributed by atoms with Crippen LogP contribution in [0.5, 0.6) is 0 Å². The third-order valence-electron chi connectivity index (χ3n) is 5.16. The number of aryl methyl sites for hydroxylation is 3. The molecule has 0 amide bonds. The second-order valence-corrected chi connectivity index (χ2v) is 8.02. The summed E-state index contributed by atoms with van der Waals surface area (Å²) in [4.78, 5) is 8.15. The van der Waals surface area contributed by atoms with Gasteiger partial charge < -0.3 is 10.1 Å². The smallest absolute Gasteiger partial charge is 0.0994 e. The predicted octanol–water partition coefficient (Wildman–Crippen LogP) is 6.29. The summed E-state index contributed by atoms with van der Waals surface area (Å²) in [7, 11) is 0. The van der Waals surface area contributed by atoms with E-state index < -0.39 is 0 Å². The number of aromatic nitrogens is 3. The summed E-state index contributed by atoms with van der Waals surface area (Å²) >= 11 is 6.36. The van der Waals surface area contributed by atoms with Gasteiger partial charge in [-0.15, -0.1) is 0 Å². The highest BCUT2D eigenvalue weighted by Crippen LogP contribution is 2.34. The van der Waals surface area contributed by atoms with E-state index in [0.29, 0.717) is 16.3 Å². The Morgan fingerprint density at radius 3 is 2.59 bits per heavy atom. The number of rotatable bonds is 3. The predicted molar refractivity (Wildman–Crippen MR) is 132 cm³/mol. The molecule has 2 N–H and O–H groups in total. The first-order chi connectivity index (χ1) is 15.3. The topological polar surface area (TPSA) is 80.0 Å². The Labute approximate surface area is 193 Å². The van der Waals surface area contributed by atoms with Crippen molar-refractivity contribution in [2.45, 2.75) is 34.1 Å². The Morgan fingerprint density at radius 1 is 1.09 bits per heavy atom. The van der Waals surface area contributed by atoms with E-state index in [2.05, 4.69) is 48.1 Å². The maximum Gasteiger partial charge on any atom is 0.0994 e. The number of pyridine rings is 2. The zero-order valence-electron chi connectivity index (χ0n) is 18.7. The molecule has 4 aromatic rings. The number of anilines is 1. The fourth-order valence-electron chi connectivity index (χ4n) is 3.51. The molecule has 3 heterocycles. The molecule has 5 nitrogen and oxygen atoms in total. The molecule has 0 saturated carbocycles. The van der Waals surface area contributed by atoms with Crippen LogP contribution in [0.15, 0.2) is 61.5 Å². The molecular formula is C26H26ClN5. The van der Waals surface area contributed by atoms with Gasteiger partial charge in [0, 0.05) is 18.0 Å². The fraction of sp³-hybridized carbons (Fsp3) is 0.192. The molecule has 0 spiro atoms. The van der Waals surface area contributed by atoms with E-state index in [0.717, 1.165) is 39.8 Å². The van der Waals surface area contributed by atoms with Crippen LogP contribution in [0.1, 0.15) is 46.7 Å². The molecule has 0 saturated heterocycles. The SMILES string of the molecule is CC/C=C(\c1cc(C#N)c(C)cc1C)c1cncc(N)c1Cl.Cc1ccn2cncc2c1. The van der Waals surface area contributed by atoms with Crippen molar-refractivity contribution in [2.24, 2.45) is 0 Å². The van der Waals surface area contributed by atoms with Crippen molar-refractivity contribution in [3.05, 3.63) is 99.9 Å². The summed E-state index contributed by atoms with van der Waals surface area (Å²) in [5, 5.41) is 9.78. The number of halogens is 1. The highest BCUT2D eigenvalue weighted by molar-refractivity contribution is 6.35. The number of hydrogen-bond acceptors (Lipinski definition) is 4. The molecule has 4 rings (SSSR count). The number of benzene rings is 1. The van der Waals surface area contributed by atoms with Gasteiger partial charge in [0.2, 0.25) is 0 Å². The molecule has 6 heteroatoms. The van der Waals surface area contributed by atoms with Crippen molar-refractivity contribution in [1.82, 2.24) is 14.4 Å². The van der Waals surface area contributed by atoms with Crippen molar-refractivity contribution in [2.75, 3.05) is 5.73 Å². The second-order valence-electron chi connectivity index (χ2n) is 7.64. The lowest BCUT2D eigenvalue weighted by atomic mass is 9.91. The lowest BCUT2D eigenvalue weighted by Crippen LogP contribution is -1.99. The average Bonchev–Trinajstić information content (AvgIpc) is 3.23. The largest absolute Gasteiger partial charge is 0.396 e. The zero-order chi connectivity index (χ0) is 23.3. The molecule has 162 valence electrons. The van der Waals surface area contributed by atoms with Crippen molar-refractivity contribution in [1.29, 1.82) is 5.26 Å². The van der Waals surface area contributed by atoms with Crippen molar-refractivity contribution in [3.8, 4) is 6.07 Å². The summed E-state index contributed by atoms with van der Waals surface area (Å²) in [5.41, 5.74) is 14.2. The molecular weight excluding hydrogens is 418 g/mol. The average molecular weight is 444 g/mol. The van der Waals surface area contributed by atoms with Crippen LogP contribution in [0.25, 0.3) is 11.1 Å². The van der Waals surface area contributed by atoms with Crippen LogP contribution in [0.2, 0.25) is 5.02 Å². The highest BCUT2D eigenvalue weighted by atomic mass is 35.5. The van der Waals surface area contributed by atoms with Crippen LogP contribution in [0.4, 0.5) is 5.69 Å². The molecule has 1 aromatic carbocycles. The summed E-state index contributed by atoms with van der Waals surface area (Å²) in [5.74, 6) is 0. The summed E-state index contributed by atoms with van der Waals surface area (Å²) in [6.45, 7) is 8.10. The molecule has 0 aliphatic heterocycles. The maximum atomic E-state index is 9.29. The van der Waals surface area contributed by atoms with Gasteiger partial charge in [-0.05, 0) is 73.2 Å². The Morgan fingerprint density at radius 2 is 1.88 bits per heavy atom. The van der Waals surface area contributed by atoms with Gasteiger partial charge in [0.1, 0.15) is 0 Å². The molecule has 32 heavy (non-hydrogen) atoms. The number of nitriles is 1. The van der Waals surface area contributed by atoms with Crippen molar-refractivity contribution < 1.29 is 0 Å². The monoisotopic (exact) mass is 443 g/mol. The zero-order valence-corrected chi connectivity index (χ0v) is 19.5. The van der Waals surface area contributed by atoms with Gasteiger partial charge >= 0.3 is 0 Å². The maximum absolute atomic E-state index is 9.29. The lowest BCUT2D eigenvalue weighted by Gasteiger charge is -2.15. The summed E-state index contributed by atoms with van der Waals surface area (Å²) in [6, 6.07) is 10.3. The first-order valence-electron chi connectivity index (χ1n) is 10.3. The van der Waals surface area contributed by atoms with E-state index in [-0.39, 0.29) is 0 Å². The van der Waals surface area contributed by atoms with Gasteiger partial charge in [-0.25, -0.2) is 4.98 Å². The van der Waals surface area contributed by atoms with E-state index in [9.17, 15) is 5.26 Å². The van der Waals surface area contributed by atoms with Gasteiger partial charge in [-0.3, -0.25) is 4.98 Å². The van der Waals surface area contributed by atoms with Gasteiger partial charge in [-0.2, -0.15) is 5.26 Å². The number of fused-ring (bicyclic) bond motifs is 1. The minimum atomic E-state index is 0.450. The minimum absolute atomic E-state index is 0.450. The van der Waals surface area contributed by atoms with Crippen LogP contribution < -0.4 is 5.73 Å². The highest BCUT2D eigenvalue weighted by Gasteiger charge is 2.15. The van der Waals surface area contributed by atoms with E-state index >= 15 is 0 Å². The summed E-state index contributed by atoms with van der Waals surface area (Å²) < 4.78 is 1.99. The van der Waals surface area contributed by atoms with Crippen molar-refractivity contribution in [3.63, 3.8) is 0 Å². The first-order valence-corrected chi connectivity index (χ1v) is 10.7. The molecule has 0 unspecified atom stereocenters. The Bertz CT molecular complexity index is 1330. The van der Waals surface area contributed by atoms with E-state index in [1.807, 2.05) is 42.8 Å². The van der Waals surface area contributed by atoms with Crippen LogP contribution in [-0.2, 0) is 0 Å². The molecule has 0 radical (unpaired) electrons. The van der Waals surface area contributed by atoms with E-state index in [1.54, 1.807) is 12.5 Å². The van der Waals surface area contributed by atoms with Gasteiger partial charge in [0.15, 0.2) is 0 Å². The number of allylic oxidation sites excluding steroid dienone is 1. The number of nitrogen functional groups attached to an aromatic ring is 1. The summed E-state index contributed by atoms with van der Waals surface area (Å²) in [6.07, 6.45) is 11.8. The second kappa shape index (κ2) is 10.1. The first kappa shape index (κ1) is 23.1. The van der Waals surface area contributed by atoms with Gasteiger partial charge in [0.05, 0.1) is 46.6 Å². The van der Waals surface area contributed by atoms with E-state index in [4.69, 9.17) is 17.3 Å². The van der Waals surface area contributed by atoms with Crippen molar-refractivity contribution >= 4 is 28.4 Å². The number of imidazole rings is 1. The molecule has 0 aliphatic carbocycles. The third-order valence-corrected chi connectivity index (χ3v) is 5.58. The Hall–Kier alpha value is -3.62. The molecule has 0 atom stereocenters.